The van der Waals surface area contributed by atoms with E-state index < -0.39 is 23.5 Å². The fourth-order valence-electron chi connectivity index (χ4n) is 3.85. The molecule has 10 heteroatoms. The van der Waals surface area contributed by atoms with Crippen molar-refractivity contribution in [2.24, 2.45) is 0 Å². The summed E-state index contributed by atoms with van der Waals surface area (Å²) in [7, 11) is 0. The smallest absolute Gasteiger partial charge is 0.321 e. The number of fused-ring (bicyclic) bond motifs is 1. The van der Waals surface area contributed by atoms with Crippen molar-refractivity contribution in [2.75, 3.05) is 5.32 Å². The number of amides is 1. The number of aromatic nitrogens is 5. The average Bonchev–Trinajstić information content (AvgIpc) is 3.38. The van der Waals surface area contributed by atoms with Gasteiger partial charge in [0.15, 0.2) is 5.82 Å². The Labute approximate surface area is 197 Å². The van der Waals surface area contributed by atoms with Crippen LogP contribution in [0.25, 0.3) is 27.7 Å². The molecule has 0 atom stereocenters. The van der Waals surface area contributed by atoms with Crippen molar-refractivity contribution in [3.05, 3.63) is 96.2 Å². The first-order chi connectivity index (χ1) is 16.8. The Hall–Kier alpha value is -4.60. The monoisotopic (exact) mass is 474 g/mol. The third kappa shape index (κ3) is 4.33. The van der Waals surface area contributed by atoms with Crippen molar-refractivity contribution in [3.63, 3.8) is 0 Å². The Bertz CT molecular complexity index is 1540. The van der Waals surface area contributed by atoms with Crippen molar-refractivity contribution in [1.29, 1.82) is 0 Å². The molecule has 0 unspecified atom stereocenters. The van der Waals surface area contributed by atoms with Crippen LogP contribution < -0.4 is 5.32 Å². The van der Waals surface area contributed by atoms with Gasteiger partial charge in [-0.15, -0.1) is 4.80 Å². The van der Waals surface area contributed by atoms with Crippen LogP contribution in [0.2, 0.25) is 0 Å². The van der Waals surface area contributed by atoms with E-state index in [-0.39, 0.29) is 5.69 Å². The zero-order chi connectivity index (χ0) is 24.6. The highest BCUT2D eigenvalue weighted by Crippen LogP contribution is 2.34. The number of hydrogen-bond donors (Lipinski definition) is 1. The van der Waals surface area contributed by atoms with Gasteiger partial charge in [0.2, 0.25) is 0 Å². The number of anilines is 1. The molecule has 0 aliphatic carbocycles. The number of carbonyl (C=O) groups is 1. The highest BCUT2D eigenvalue weighted by molar-refractivity contribution is 6.06. The number of carbonyl (C=O) groups excluding carboxylic acids is 1. The molecule has 5 aromatic rings. The van der Waals surface area contributed by atoms with Gasteiger partial charge in [-0.25, -0.2) is 4.98 Å². The molecular formula is C25H17F3N6O. The van der Waals surface area contributed by atoms with Gasteiger partial charge in [-0.05, 0) is 35.6 Å². The van der Waals surface area contributed by atoms with E-state index in [0.717, 1.165) is 39.0 Å². The van der Waals surface area contributed by atoms with Crippen LogP contribution in [0, 0.1) is 6.92 Å². The standard InChI is InChI=1S/C25H17F3N6O/c1-15-10-16(21-14-29-12-17-4-2-3-5-20(17)21)6-7-19(15)24(35)33-18-11-22(25(26,27)28)23(30-13-18)34-31-8-9-32-34/h2-14H,1H3,(H,33,35). The van der Waals surface area contributed by atoms with E-state index in [4.69, 9.17) is 0 Å². The van der Waals surface area contributed by atoms with Gasteiger partial charge in [-0.1, -0.05) is 36.4 Å². The van der Waals surface area contributed by atoms with Gasteiger partial charge < -0.3 is 5.32 Å². The molecule has 1 N–H and O–H groups in total. The molecule has 0 spiro atoms. The minimum Gasteiger partial charge on any atom is -0.321 e. The number of nitrogens with one attached hydrogen (secondary N) is 1. The number of aryl methyl sites for hydroxylation is 1. The number of hydrogen-bond acceptors (Lipinski definition) is 5. The van der Waals surface area contributed by atoms with Crippen LogP contribution in [0.1, 0.15) is 21.5 Å². The number of rotatable bonds is 4. The topological polar surface area (TPSA) is 85.6 Å². The maximum absolute atomic E-state index is 13.6. The zero-order valence-electron chi connectivity index (χ0n) is 18.3. The number of alkyl halides is 3. The number of benzene rings is 2. The van der Waals surface area contributed by atoms with Crippen molar-refractivity contribution in [2.45, 2.75) is 13.1 Å². The minimum atomic E-state index is -4.72. The van der Waals surface area contributed by atoms with Crippen molar-refractivity contribution in [1.82, 2.24) is 25.0 Å². The summed E-state index contributed by atoms with van der Waals surface area (Å²) in [4.78, 5) is 21.8. The number of pyridine rings is 2. The molecule has 1 amide bonds. The molecule has 3 heterocycles. The lowest BCUT2D eigenvalue weighted by atomic mass is 9.97. The molecule has 0 saturated carbocycles. The van der Waals surface area contributed by atoms with Crippen LogP contribution in [-0.2, 0) is 6.18 Å². The van der Waals surface area contributed by atoms with Gasteiger partial charge in [0, 0.05) is 28.9 Å². The molecule has 0 radical (unpaired) electrons. The minimum absolute atomic E-state index is 0.0973. The molecule has 3 aromatic heterocycles. The molecule has 0 bridgehead atoms. The average molecular weight is 474 g/mol. The Morgan fingerprint density at radius 1 is 0.971 bits per heavy atom. The molecular weight excluding hydrogens is 457 g/mol. The van der Waals surface area contributed by atoms with Gasteiger partial charge in [0.1, 0.15) is 5.56 Å². The second kappa shape index (κ2) is 8.64. The number of halogens is 3. The Balaban J connectivity index is 1.44. The maximum atomic E-state index is 13.6. The van der Waals surface area contributed by atoms with E-state index in [1.807, 2.05) is 30.3 Å². The van der Waals surface area contributed by atoms with Crippen molar-refractivity contribution in [3.8, 4) is 16.9 Å². The SMILES string of the molecule is Cc1cc(-c2cncc3ccccc23)ccc1C(=O)Nc1cnc(-n2nccn2)c(C(F)(F)F)c1. The zero-order valence-corrected chi connectivity index (χ0v) is 18.3. The number of nitrogens with zero attached hydrogens (tertiary/aromatic N) is 5. The van der Waals surface area contributed by atoms with Crippen molar-refractivity contribution >= 4 is 22.4 Å². The van der Waals surface area contributed by atoms with Crippen LogP contribution in [0.15, 0.2) is 79.5 Å². The summed E-state index contributed by atoms with van der Waals surface area (Å²) in [5.74, 6) is -1.03. The summed E-state index contributed by atoms with van der Waals surface area (Å²) in [6, 6.07) is 13.9. The van der Waals surface area contributed by atoms with Crippen molar-refractivity contribution < 1.29 is 18.0 Å². The quantitative estimate of drug-likeness (QED) is 0.374. The highest BCUT2D eigenvalue weighted by atomic mass is 19.4. The van der Waals surface area contributed by atoms with Gasteiger partial charge in [0.25, 0.3) is 5.91 Å². The van der Waals surface area contributed by atoms with Gasteiger partial charge in [0.05, 0.1) is 24.3 Å². The lowest BCUT2D eigenvalue weighted by Gasteiger charge is -2.14. The summed E-state index contributed by atoms with van der Waals surface area (Å²) < 4.78 is 40.9. The van der Waals surface area contributed by atoms with Gasteiger partial charge in [-0.3, -0.25) is 9.78 Å². The molecule has 5 rings (SSSR count). The predicted octanol–water partition coefficient (Wildman–Crippen LogP) is 5.46. The van der Waals surface area contributed by atoms with E-state index in [9.17, 15) is 18.0 Å². The first-order valence-corrected chi connectivity index (χ1v) is 10.5. The fourth-order valence-corrected chi connectivity index (χ4v) is 3.85. The van der Waals surface area contributed by atoms with Crippen LogP contribution in [-0.4, -0.2) is 30.9 Å². The van der Waals surface area contributed by atoms with E-state index in [0.29, 0.717) is 11.1 Å². The second-order valence-corrected chi connectivity index (χ2v) is 7.80. The molecule has 0 fully saturated rings. The first-order valence-electron chi connectivity index (χ1n) is 10.5. The lowest BCUT2D eigenvalue weighted by molar-refractivity contribution is -0.137. The largest absolute Gasteiger partial charge is 0.420 e. The van der Waals surface area contributed by atoms with E-state index in [1.54, 1.807) is 31.5 Å². The molecule has 7 nitrogen and oxygen atoms in total. The predicted molar refractivity (Wildman–Crippen MR) is 124 cm³/mol. The molecule has 0 saturated heterocycles. The normalized spacial score (nSPS) is 11.5. The Morgan fingerprint density at radius 2 is 1.74 bits per heavy atom. The van der Waals surface area contributed by atoms with Crippen LogP contribution in [0.4, 0.5) is 18.9 Å². The molecule has 174 valence electrons. The third-order valence-corrected chi connectivity index (χ3v) is 5.49. The van der Waals surface area contributed by atoms with E-state index >= 15 is 0 Å². The molecule has 0 aliphatic heterocycles. The van der Waals surface area contributed by atoms with Gasteiger partial charge in [-0.2, -0.15) is 23.4 Å². The summed E-state index contributed by atoms with van der Waals surface area (Å²) in [6.45, 7) is 1.77. The van der Waals surface area contributed by atoms with Gasteiger partial charge >= 0.3 is 6.18 Å². The highest BCUT2D eigenvalue weighted by Gasteiger charge is 2.36. The molecule has 0 aliphatic rings. The summed E-state index contributed by atoms with van der Waals surface area (Å²) in [5.41, 5.74) is 1.62. The Morgan fingerprint density at radius 3 is 2.49 bits per heavy atom. The summed E-state index contributed by atoms with van der Waals surface area (Å²) in [6.07, 6.45) is 2.45. The van der Waals surface area contributed by atoms with Crippen LogP contribution in [0.3, 0.4) is 0 Å². The first kappa shape index (κ1) is 22.2. The fraction of sp³-hybridized carbons (Fsp3) is 0.0800. The van der Waals surface area contributed by atoms with E-state index in [2.05, 4.69) is 25.5 Å². The molecule has 35 heavy (non-hydrogen) atoms. The third-order valence-electron chi connectivity index (χ3n) is 5.49. The lowest BCUT2D eigenvalue weighted by Crippen LogP contribution is -2.17. The second-order valence-electron chi connectivity index (χ2n) is 7.80. The van der Waals surface area contributed by atoms with Crippen LogP contribution >= 0.6 is 0 Å². The van der Waals surface area contributed by atoms with E-state index in [1.165, 1.54) is 12.4 Å². The Kier molecular flexibility index (Phi) is 5.48. The summed E-state index contributed by atoms with van der Waals surface area (Å²) in [5, 5.41) is 12.0. The van der Waals surface area contributed by atoms with Crippen LogP contribution in [0.5, 0.6) is 0 Å². The summed E-state index contributed by atoms with van der Waals surface area (Å²) >= 11 is 0. The maximum Gasteiger partial charge on any atom is 0.420 e. The molecule has 2 aromatic carbocycles.